The molecule has 0 aliphatic rings. The molecule has 0 atom stereocenters. The summed E-state index contributed by atoms with van der Waals surface area (Å²) in [4.78, 5) is 12.3. The Morgan fingerprint density at radius 2 is 1.61 bits per heavy atom. The molecule has 0 spiro atoms. The third-order valence-corrected chi connectivity index (χ3v) is 4.36. The molecule has 0 aliphatic heterocycles. The van der Waals surface area contributed by atoms with Crippen LogP contribution in [0.5, 0.6) is 5.75 Å². The van der Waals surface area contributed by atoms with Crippen LogP contribution in [0.1, 0.15) is 21.5 Å². The third kappa shape index (κ3) is 5.93. The van der Waals surface area contributed by atoms with Gasteiger partial charge in [-0.1, -0.05) is 48.0 Å². The number of anilines is 1. The molecule has 0 aliphatic carbocycles. The number of ether oxygens (including phenoxy) is 1. The molecule has 4 nitrogen and oxygen atoms in total. The lowest BCUT2D eigenvalue weighted by molar-refractivity contribution is 0.0977. The van der Waals surface area contributed by atoms with Crippen molar-refractivity contribution < 1.29 is 9.53 Å². The summed E-state index contributed by atoms with van der Waals surface area (Å²) in [6.45, 7) is 2.60. The van der Waals surface area contributed by atoms with Gasteiger partial charge in [-0.3, -0.25) is 10.1 Å². The molecule has 0 saturated heterocycles. The quantitative estimate of drug-likeness (QED) is 0.597. The van der Waals surface area contributed by atoms with Crippen molar-refractivity contribution >= 4 is 28.9 Å². The Hall–Kier alpha value is -3.18. The lowest BCUT2D eigenvalue weighted by Gasteiger charge is -2.10. The highest BCUT2D eigenvalue weighted by molar-refractivity contribution is 7.80. The molecular formula is C23H22N2O2S. The molecule has 1 amide bonds. The molecule has 0 radical (unpaired) electrons. The summed E-state index contributed by atoms with van der Waals surface area (Å²) in [7, 11) is 0. The first-order chi connectivity index (χ1) is 13.6. The average Bonchev–Trinajstić information content (AvgIpc) is 2.71. The Balaban J connectivity index is 1.47. The van der Waals surface area contributed by atoms with E-state index in [1.54, 1.807) is 24.3 Å². The molecule has 0 saturated carbocycles. The number of aryl methyl sites for hydroxylation is 1. The number of benzene rings is 3. The number of carbonyl (C=O) groups is 1. The molecular weight excluding hydrogens is 368 g/mol. The van der Waals surface area contributed by atoms with Crippen LogP contribution in [-0.2, 0) is 6.42 Å². The summed E-state index contributed by atoms with van der Waals surface area (Å²) in [5.41, 5.74) is 3.74. The summed E-state index contributed by atoms with van der Waals surface area (Å²) >= 11 is 5.21. The maximum atomic E-state index is 12.3. The van der Waals surface area contributed by atoms with Gasteiger partial charge in [0, 0.05) is 17.7 Å². The fourth-order valence-electron chi connectivity index (χ4n) is 2.61. The molecule has 0 unspecified atom stereocenters. The van der Waals surface area contributed by atoms with Crippen LogP contribution in [0.2, 0.25) is 0 Å². The highest BCUT2D eigenvalue weighted by Gasteiger charge is 2.08. The number of amides is 1. The predicted octanol–water partition coefficient (Wildman–Crippen LogP) is 4.74. The van der Waals surface area contributed by atoms with Gasteiger partial charge in [0.15, 0.2) is 5.11 Å². The Kier molecular flexibility index (Phi) is 6.76. The summed E-state index contributed by atoms with van der Waals surface area (Å²) < 4.78 is 5.74. The van der Waals surface area contributed by atoms with Crippen LogP contribution in [0.4, 0.5) is 5.69 Å². The normalized spacial score (nSPS) is 10.2. The molecule has 3 rings (SSSR count). The fraction of sp³-hybridized carbons (Fsp3) is 0.130. The molecule has 0 aromatic heterocycles. The Bertz CT molecular complexity index is 923. The number of nitrogens with one attached hydrogen (secondary N) is 2. The zero-order chi connectivity index (χ0) is 19.8. The van der Waals surface area contributed by atoms with Crippen molar-refractivity contribution in [2.45, 2.75) is 13.3 Å². The van der Waals surface area contributed by atoms with Crippen molar-refractivity contribution in [1.82, 2.24) is 5.32 Å². The highest BCUT2D eigenvalue weighted by Crippen LogP contribution is 2.13. The van der Waals surface area contributed by atoms with Crippen molar-refractivity contribution in [3.8, 4) is 5.75 Å². The minimum Gasteiger partial charge on any atom is -0.493 e. The molecule has 5 heteroatoms. The van der Waals surface area contributed by atoms with Gasteiger partial charge in [-0.25, -0.2) is 0 Å². The van der Waals surface area contributed by atoms with Gasteiger partial charge in [0.05, 0.1) is 6.61 Å². The fourth-order valence-corrected chi connectivity index (χ4v) is 2.82. The lowest BCUT2D eigenvalue weighted by atomic mass is 10.2. The van der Waals surface area contributed by atoms with E-state index in [0.29, 0.717) is 12.2 Å². The number of rotatable bonds is 6. The van der Waals surface area contributed by atoms with E-state index >= 15 is 0 Å². The van der Waals surface area contributed by atoms with Crippen LogP contribution in [0.3, 0.4) is 0 Å². The second kappa shape index (κ2) is 9.67. The van der Waals surface area contributed by atoms with E-state index in [1.165, 1.54) is 5.56 Å². The third-order valence-electron chi connectivity index (χ3n) is 4.16. The minimum atomic E-state index is -0.263. The Morgan fingerprint density at radius 1 is 0.929 bits per heavy atom. The monoisotopic (exact) mass is 390 g/mol. The van der Waals surface area contributed by atoms with E-state index in [9.17, 15) is 4.79 Å². The van der Waals surface area contributed by atoms with Crippen LogP contribution in [0.25, 0.3) is 0 Å². The molecule has 28 heavy (non-hydrogen) atoms. The first-order valence-electron chi connectivity index (χ1n) is 9.06. The van der Waals surface area contributed by atoms with Gasteiger partial charge < -0.3 is 10.1 Å². The topological polar surface area (TPSA) is 50.4 Å². The van der Waals surface area contributed by atoms with Gasteiger partial charge in [0.2, 0.25) is 0 Å². The Morgan fingerprint density at radius 3 is 2.29 bits per heavy atom. The van der Waals surface area contributed by atoms with E-state index in [2.05, 4.69) is 22.8 Å². The van der Waals surface area contributed by atoms with Gasteiger partial charge in [0.25, 0.3) is 5.91 Å². The van der Waals surface area contributed by atoms with Crippen molar-refractivity contribution in [3.63, 3.8) is 0 Å². The first-order valence-corrected chi connectivity index (χ1v) is 9.47. The number of hydrogen-bond acceptors (Lipinski definition) is 3. The van der Waals surface area contributed by atoms with E-state index < -0.39 is 0 Å². The lowest BCUT2D eigenvalue weighted by Crippen LogP contribution is -2.34. The second-order valence-electron chi connectivity index (χ2n) is 6.38. The zero-order valence-corrected chi connectivity index (χ0v) is 16.5. The summed E-state index contributed by atoms with van der Waals surface area (Å²) in [5, 5.41) is 5.94. The SMILES string of the molecule is Cc1ccc(NC(=S)NC(=O)c2ccc(OCCc3ccccc3)cc2)cc1. The minimum absolute atomic E-state index is 0.261. The summed E-state index contributed by atoms with van der Waals surface area (Å²) in [5.74, 6) is 0.466. The van der Waals surface area contributed by atoms with Gasteiger partial charge >= 0.3 is 0 Å². The molecule has 2 N–H and O–H groups in total. The maximum absolute atomic E-state index is 12.3. The number of thiocarbonyl (C=S) groups is 1. The van der Waals surface area contributed by atoms with Gasteiger partial charge in [-0.2, -0.15) is 0 Å². The molecule has 3 aromatic rings. The van der Waals surface area contributed by atoms with Crippen LogP contribution >= 0.6 is 12.2 Å². The second-order valence-corrected chi connectivity index (χ2v) is 6.79. The highest BCUT2D eigenvalue weighted by atomic mass is 32.1. The standard InChI is InChI=1S/C23H22N2O2S/c1-17-7-11-20(12-8-17)24-23(28)25-22(26)19-9-13-21(14-10-19)27-16-15-18-5-3-2-4-6-18/h2-14H,15-16H2,1H3,(H2,24,25,26,28). The average molecular weight is 391 g/mol. The van der Waals surface area contributed by atoms with Gasteiger partial charge in [-0.15, -0.1) is 0 Å². The zero-order valence-electron chi connectivity index (χ0n) is 15.6. The van der Waals surface area contributed by atoms with Gasteiger partial charge in [0.1, 0.15) is 5.75 Å². The maximum Gasteiger partial charge on any atom is 0.257 e. The smallest absolute Gasteiger partial charge is 0.257 e. The molecule has 3 aromatic carbocycles. The Labute approximate surface area is 170 Å². The van der Waals surface area contributed by atoms with Crippen LogP contribution in [0.15, 0.2) is 78.9 Å². The molecule has 0 fully saturated rings. The van der Waals surface area contributed by atoms with Crippen LogP contribution < -0.4 is 15.4 Å². The number of hydrogen-bond donors (Lipinski definition) is 2. The van der Waals surface area contributed by atoms with Crippen molar-refractivity contribution in [2.75, 3.05) is 11.9 Å². The largest absolute Gasteiger partial charge is 0.493 e. The van der Waals surface area contributed by atoms with Crippen molar-refractivity contribution in [1.29, 1.82) is 0 Å². The summed E-state index contributed by atoms with van der Waals surface area (Å²) in [6.07, 6.45) is 0.835. The van der Waals surface area contributed by atoms with Crippen LogP contribution in [0, 0.1) is 6.92 Å². The molecule has 0 heterocycles. The van der Waals surface area contributed by atoms with Crippen LogP contribution in [-0.4, -0.2) is 17.6 Å². The van der Waals surface area contributed by atoms with E-state index in [0.717, 1.165) is 23.4 Å². The summed E-state index contributed by atoms with van der Waals surface area (Å²) in [6, 6.07) is 25.0. The van der Waals surface area contributed by atoms with Crippen molar-refractivity contribution in [2.24, 2.45) is 0 Å². The van der Waals surface area contributed by atoms with Gasteiger partial charge in [-0.05, 0) is 61.1 Å². The van der Waals surface area contributed by atoms with E-state index in [1.807, 2.05) is 49.4 Å². The predicted molar refractivity (Wildman–Crippen MR) is 117 cm³/mol. The first kappa shape index (κ1) is 19.6. The van der Waals surface area contributed by atoms with E-state index in [-0.39, 0.29) is 11.0 Å². The number of carbonyl (C=O) groups excluding carboxylic acids is 1. The van der Waals surface area contributed by atoms with Crippen molar-refractivity contribution in [3.05, 3.63) is 95.6 Å². The molecule has 142 valence electrons. The van der Waals surface area contributed by atoms with E-state index in [4.69, 9.17) is 17.0 Å². The molecule has 0 bridgehead atoms.